The van der Waals surface area contributed by atoms with E-state index in [1.54, 1.807) is 24.0 Å². The Labute approximate surface area is 242 Å². The van der Waals surface area contributed by atoms with Crippen LogP contribution in [0.1, 0.15) is 45.6 Å². The number of amides is 1. The van der Waals surface area contributed by atoms with E-state index in [2.05, 4.69) is 40.1 Å². The molecule has 5 heterocycles. The van der Waals surface area contributed by atoms with Gasteiger partial charge in [-0.3, -0.25) is 9.69 Å². The average Bonchev–Trinajstić information content (AvgIpc) is 3.62. The summed E-state index contributed by atoms with van der Waals surface area (Å²) in [5.74, 6) is 2.15. The number of piperidine rings is 1. The zero-order valence-electron chi connectivity index (χ0n) is 24.6. The number of likely N-dealkylation sites (tertiary alicyclic amines) is 1. The van der Waals surface area contributed by atoms with Gasteiger partial charge in [0.2, 0.25) is 5.91 Å². The van der Waals surface area contributed by atoms with E-state index in [0.29, 0.717) is 30.4 Å². The molecule has 0 bridgehead atoms. The second kappa shape index (κ2) is 12.5. The highest BCUT2D eigenvalue weighted by atomic mass is 16.5. The lowest BCUT2D eigenvalue weighted by molar-refractivity contribution is -0.133. The van der Waals surface area contributed by atoms with Crippen molar-refractivity contribution in [1.82, 2.24) is 24.8 Å². The number of pyridine rings is 2. The van der Waals surface area contributed by atoms with E-state index in [9.17, 15) is 10.1 Å². The minimum atomic E-state index is -0.422. The molecule has 2 aliphatic heterocycles. The summed E-state index contributed by atoms with van der Waals surface area (Å²) in [6, 6.07) is 8.24. The average molecular weight is 560 g/mol. The number of rotatable bonds is 10. The summed E-state index contributed by atoms with van der Waals surface area (Å²) < 4.78 is 13.0. The summed E-state index contributed by atoms with van der Waals surface area (Å²) in [4.78, 5) is 23.1. The van der Waals surface area contributed by atoms with Crippen LogP contribution in [0.3, 0.4) is 0 Å². The normalized spacial score (nSPS) is 19.0. The first-order chi connectivity index (χ1) is 19.9. The molecule has 41 heavy (non-hydrogen) atoms. The van der Waals surface area contributed by atoms with E-state index in [-0.39, 0.29) is 12.0 Å². The molecule has 10 heteroatoms. The molecular weight excluding hydrogens is 518 g/mol. The smallest absolute Gasteiger partial charge is 0.227 e. The second-order valence-electron chi connectivity index (χ2n) is 11.6. The molecule has 0 spiro atoms. The van der Waals surface area contributed by atoms with Crippen LogP contribution in [0.4, 0.5) is 5.82 Å². The van der Waals surface area contributed by atoms with Gasteiger partial charge in [0, 0.05) is 63.7 Å². The molecule has 10 nitrogen and oxygen atoms in total. The minimum Gasteiger partial charge on any atom is -0.492 e. The van der Waals surface area contributed by atoms with E-state index in [0.717, 1.165) is 74.4 Å². The second-order valence-corrected chi connectivity index (χ2v) is 11.6. The Balaban J connectivity index is 1.34. The number of hydrogen-bond donors (Lipinski definition) is 1. The van der Waals surface area contributed by atoms with E-state index >= 15 is 0 Å². The molecule has 0 aliphatic carbocycles. The van der Waals surface area contributed by atoms with Crippen molar-refractivity contribution in [3.8, 4) is 22.9 Å². The van der Waals surface area contributed by atoms with Crippen LogP contribution >= 0.6 is 0 Å². The van der Waals surface area contributed by atoms with E-state index in [1.807, 2.05) is 31.3 Å². The summed E-state index contributed by atoms with van der Waals surface area (Å²) in [5, 5.41) is 17.2. The van der Waals surface area contributed by atoms with Crippen LogP contribution in [0.15, 0.2) is 36.8 Å². The van der Waals surface area contributed by atoms with Crippen LogP contribution < -0.4 is 15.0 Å². The molecule has 1 unspecified atom stereocenters. The summed E-state index contributed by atoms with van der Waals surface area (Å²) >= 11 is 0. The molecule has 1 N–H and O–H groups in total. The maximum absolute atomic E-state index is 13.6. The Morgan fingerprint density at radius 3 is 2.68 bits per heavy atom. The molecule has 1 amide bonds. The molecule has 2 saturated heterocycles. The van der Waals surface area contributed by atoms with Gasteiger partial charge in [-0.1, -0.05) is 13.8 Å². The molecule has 1 atom stereocenters. The van der Waals surface area contributed by atoms with Gasteiger partial charge in [-0.05, 0) is 50.3 Å². The fraction of sp³-hybridized carbons (Fsp3) is 0.548. The van der Waals surface area contributed by atoms with Gasteiger partial charge in [0.25, 0.3) is 0 Å². The number of aromatic nitrogens is 3. The van der Waals surface area contributed by atoms with Crippen LogP contribution in [0.5, 0.6) is 5.75 Å². The van der Waals surface area contributed by atoms with Crippen molar-refractivity contribution in [2.24, 2.45) is 11.3 Å². The highest BCUT2D eigenvalue weighted by molar-refractivity contribution is 5.85. The third-order valence-electron chi connectivity index (χ3n) is 8.36. The quantitative estimate of drug-likeness (QED) is 0.400. The summed E-state index contributed by atoms with van der Waals surface area (Å²) in [6.07, 6.45) is 8.01. The number of hydrogen-bond acceptors (Lipinski definition) is 8. The van der Waals surface area contributed by atoms with Crippen molar-refractivity contribution in [3.05, 3.63) is 42.4 Å². The largest absolute Gasteiger partial charge is 0.492 e. The zero-order valence-corrected chi connectivity index (χ0v) is 24.6. The van der Waals surface area contributed by atoms with Gasteiger partial charge >= 0.3 is 0 Å². The number of fused-ring (bicyclic) bond motifs is 1. The summed E-state index contributed by atoms with van der Waals surface area (Å²) in [5.41, 5.74) is 2.56. The number of anilines is 1. The lowest BCUT2D eigenvalue weighted by atomic mass is 9.76. The van der Waals surface area contributed by atoms with E-state index < -0.39 is 5.41 Å². The van der Waals surface area contributed by atoms with Gasteiger partial charge in [0.05, 0.1) is 41.6 Å². The van der Waals surface area contributed by atoms with Crippen LogP contribution in [0, 0.1) is 22.7 Å². The zero-order chi connectivity index (χ0) is 29.0. The molecule has 2 fully saturated rings. The molecule has 2 aliphatic rings. The molecule has 5 rings (SSSR count). The van der Waals surface area contributed by atoms with Crippen molar-refractivity contribution in [3.63, 3.8) is 0 Å². The van der Waals surface area contributed by atoms with E-state index in [1.165, 1.54) is 0 Å². The highest BCUT2D eigenvalue weighted by Gasteiger charge is 2.44. The Bertz CT molecular complexity index is 1390. The third kappa shape index (κ3) is 6.16. The number of carbonyl (C=O) groups is 1. The van der Waals surface area contributed by atoms with Crippen molar-refractivity contribution < 1.29 is 14.3 Å². The van der Waals surface area contributed by atoms with Crippen molar-refractivity contribution in [1.29, 1.82) is 5.26 Å². The van der Waals surface area contributed by atoms with E-state index in [4.69, 9.17) is 14.5 Å². The standard InChI is InChI=1S/C31H41N7O3/c1-5-41-26-14-27(29-24(15-32)18-35-38(29)20-26)23-6-7-28(33-17-23)37-12-9-31(10-13-37,30(39)34-16-22(2)3)21-36-11-8-25(19-36)40-4/h6-7,14,17-18,20,22,25H,5,8-13,16,19,21H2,1-4H3,(H,34,39). The lowest BCUT2D eigenvalue weighted by Crippen LogP contribution is -2.54. The van der Waals surface area contributed by atoms with Gasteiger partial charge in [-0.25, -0.2) is 9.50 Å². The first kappa shape index (κ1) is 28.8. The van der Waals surface area contributed by atoms with Crippen molar-refractivity contribution >= 4 is 17.2 Å². The van der Waals surface area contributed by atoms with Gasteiger partial charge in [0.15, 0.2) is 0 Å². The van der Waals surface area contributed by atoms with Crippen LogP contribution in [0.2, 0.25) is 0 Å². The molecule has 218 valence electrons. The Hall–Kier alpha value is -3.68. The minimum absolute atomic E-state index is 0.169. The fourth-order valence-corrected chi connectivity index (χ4v) is 6.04. The first-order valence-electron chi connectivity index (χ1n) is 14.6. The first-order valence-corrected chi connectivity index (χ1v) is 14.6. The molecule has 3 aromatic rings. The molecule has 0 aromatic carbocycles. The van der Waals surface area contributed by atoms with Crippen molar-refractivity contribution in [2.45, 2.75) is 46.1 Å². The topological polar surface area (TPSA) is 108 Å². The highest BCUT2D eigenvalue weighted by Crippen LogP contribution is 2.37. The monoisotopic (exact) mass is 559 g/mol. The lowest BCUT2D eigenvalue weighted by Gasteiger charge is -2.43. The predicted octanol–water partition coefficient (Wildman–Crippen LogP) is 3.75. The number of ether oxygens (including phenoxy) is 2. The maximum atomic E-state index is 13.6. The third-order valence-corrected chi connectivity index (χ3v) is 8.36. The predicted molar refractivity (Wildman–Crippen MR) is 158 cm³/mol. The van der Waals surface area contributed by atoms with Gasteiger partial charge in [0.1, 0.15) is 17.6 Å². The Morgan fingerprint density at radius 1 is 1.24 bits per heavy atom. The Morgan fingerprint density at radius 2 is 2.05 bits per heavy atom. The SMILES string of the molecule is CCOc1cc(-c2ccc(N3CCC(CN4CCC(OC)C4)(C(=O)NCC(C)C)CC3)nc2)c2c(C#N)cnn2c1. The number of nitrogens with zero attached hydrogens (tertiary/aromatic N) is 6. The maximum Gasteiger partial charge on any atom is 0.227 e. The molecule has 0 saturated carbocycles. The summed E-state index contributed by atoms with van der Waals surface area (Å²) in [6.45, 7) is 11.5. The molecular formula is C31H41N7O3. The van der Waals surface area contributed by atoms with Gasteiger partial charge in [-0.2, -0.15) is 10.4 Å². The van der Waals surface area contributed by atoms with Gasteiger partial charge in [-0.15, -0.1) is 0 Å². The molecule has 3 aromatic heterocycles. The van der Waals surface area contributed by atoms with Gasteiger partial charge < -0.3 is 19.7 Å². The van der Waals surface area contributed by atoms with Crippen LogP contribution in [-0.4, -0.2) is 84.5 Å². The van der Waals surface area contributed by atoms with Crippen molar-refractivity contribution in [2.75, 3.05) is 57.9 Å². The fourth-order valence-electron chi connectivity index (χ4n) is 6.04. The number of methoxy groups -OCH3 is 1. The molecule has 0 radical (unpaired) electrons. The number of carbonyl (C=O) groups excluding carboxylic acids is 1. The Kier molecular flexibility index (Phi) is 8.76. The number of nitrogens with one attached hydrogen (secondary N) is 1. The van der Waals surface area contributed by atoms with Crippen LogP contribution in [0.25, 0.3) is 16.6 Å². The van der Waals surface area contributed by atoms with Crippen LogP contribution in [-0.2, 0) is 9.53 Å². The number of nitriles is 1. The summed E-state index contributed by atoms with van der Waals surface area (Å²) in [7, 11) is 1.77.